The average molecular weight is 779 g/mol. The van der Waals surface area contributed by atoms with Crippen LogP contribution in [0.1, 0.15) is 54.3 Å². The molecule has 0 aliphatic heterocycles. The SMILES string of the molecule is COC(=O)[C@H](Cc1cn(C(c2ccccc2)(c2ccccc2)c2ccccc2)cn1)NC(=O)[C@H](COc1ccc(C)cc1)N(C(=O)OC(C)(C)C)c1ccc(C)cc1. The highest BCUT2D eigenvalue weighted by Gasteiger charge is 2.40. The first-order valence-corrected chi connectivity index (χ1v) is 19.3. The zero-order valence-electron chi connectivity index (χ0n) is 33.8. The number of hydrogen-bond acceptors (Lipinski definition) is 7. The number of aromatic nitrogens is 2. The van der Waals surface area contributed by atoms with Gasteiger partial charge in [-0.25, -0.2) is 14.6 Å². The predicted octanol–water partition coefficient (Wildman–Crippen LogP) is 8.43. The number of rotatable bonds is 14. The van der Waals surface area contributed by atoms with Crippen molar-refractivity contribution in [3.05, 3.63) is 186 Å². The monoisotopic (exact) mass is 778 g/mol. The van der Waals surface area contributed by atoms with Crippen molar-refractivity contribution in [1.82, 2.24) is 14.9 Å². The van der Waals surface area contributed by atoms with Gasteiger partial charge in [0.2, 0.25) is 5.91 Å². The van der Waals surface area contributed by atoms with Crippen LogP contribution in [-0.2, 0) is 31.0 Å². The van der Waals surface area contributed by atoms with Crippen molar-refractivity contribution in [3.8, 4) is 5.75 Å². The van der Waals surface area contributed by atoms with Gasteiger partial charge in [-0.3, -0.25) is 9.69 Å². The van der Waals surface area contributed by atoms with Crippen LogP contribution in [0.5, 0.6) is 5.75 Å². The normalized spacial score (nSPS) is 12.5. The summed E-state index contributed by atoms with van der Waals surface area (Å²) in [6, 6.07) is 42.6. The van der Waals surface area contributed by atoms with Gasteiger partial charge in [-0.2, -0.15) is 0 Å². The molecule has 0 saturated carbocycles. The van der Waals surface area contributed by atoms with Crippen LogP contribution >= 0.6 is 0 Å². The molecule has 0 unspecified atom stereocenters. The van der Waals surface area contributed by atoms with Gasteiger partial charge in [-0.1, -0.05) is 126 Å². The zero-order chi connectivity index (χ0) is 41.3. The minimum Gasteiger partial charge on any atom is -0.491 e. The molecular weight excluding hydrogens is 729 g/mol. The minimum absolute atomic E-state index is 0.0115. The molecule has 0 spiro atoms. The van der Waals surface area contributed by atoms with E-state index in [-0.39, 0.29) is 13.0 Å². The van der Waals surface area contributed by atoms with Gasteiger partial charge in [0.1, 0.15) is 29.5 Å². The first-order valence-electron chi connectivity index (χ1n) is 19.3. The van der Waals surface area contributed by atoms with Crippen LogP contribution in [0.4, 0.5) is 10.5 Å². The van der Waals surface area contributed by atoms with E-state index >= 15 is 0 Å². The number of benzene rings is 5. The van der Waals surface area contributed by atoms with Crippen LogP contribution < -0.4 is 15.0 Å². The maximum absolute atomic E-state index is 14.6. The summed E-state index contributed by atoms with van der Waals surface area (Å²) in [5, 5.41) is 2.89. The van der Waals surface area contributed by atoms with Crippen LogP contribution in [0, 0.1) is 13.8 Å². The second-order valence-corrected chi connectivity index (χ2v) is 15.2. The van der Waals surface area contributed by atoms with Crippen molar-refractivity contribution in [2.45, 2.75) is 64.3 Å². The molecule has 0 saturated heterocycles. The van der Waals surface area contributed by atoms with Gasteiger partial charge >= 0.3 is 12.1 Å². The highest BCUT2D eigenvalue weighted by atomic mass is 16.6. The molecule has 1 heterocycles. The summed E-state index contributed by atoms with van der Waals surface area (Å²) in [5.74, 6) is -0.827. The second kappa shape index (κ2) is 18.1. The molecule has 0 aliphatic carbocycles. The number of esters is 1. The minimum atomic E-state index is -1.27. The highest BCUT2D eigenvalue weighted by Crippen LogP contribution is 2.41. The van der Waals surface area contributed by atoms with E-state index < -0.39 is 41.2 Å². The Morgan fingerprint density at radius 3 is 1.71 bits per heavy atom. The van der Waals surface area contributed by atoms with E-state index in [1.165, 1.54) is 12.0 Å². The molecule has 6 rings (SSSR count). The molecular formula is C48H50N4O6. The van der Waals surface area contributed by atoms with Crippen LogP contribution in [0.2, 0.25) is 0 Å². The lowest BCUT2D eigenvalue weighted by molar-refractivity contribution is -0.145. The number of nitrogens with zero attached hydrogens (tertiary/aromatic N) is 3. The fourth-order valence-electron chi connectivity index (χ4n) is 6.96. The zero-order valence-corrected chi connectivity index (χ0v) is 33.8. The number of hydrogen-bond donors (Lipinski definition) is 1. The lowest BCUT2D eigenvalue weighted by Gasteiger charge is -2.37. The molecule has 0 aliphatic rings. The Bertz CT molecular complexity index is 2170. The van der Waals surface area contributed by atoms with Gasteiger partial charge in [0.05, 0.1) is 19.1 Å². The molecule has 6 aromatic rings. The smallest absolute Gasteiger partial charge is 0.415 e. The van der Waals surface area contributed by atoms with Crippen molar-refractivity contribution >= 4 is 23.7 Å². The van der Waals surface area contributed by atoms with Crippen LogP contribution in [0.25, 0.3) is 0 Å². The van der Waals surface area contributed by atoms with Gasteiger partial charge in [0.15, 0.2) is 6.04 Å². The first kappa shape index (κ1) is 41.0. The molecule has 0 bridgehead atoms. The quantitative estimate of drug-likeness (QED) is 0.0873. The molecule has 2 atom stereocenters. The summed E-state index contributed by atoms with van der Waals surface area (Å²) in [7, 11) is 1.27. The van der Waals surface area contributed by atoms with Crippen LogP contribution in [0.15, 0.2) is 152 Å². The van der Waals surface area contributed by atoms with Gasteiger partial charge in [-0.15, -0.1) is 0 Å². The summed E-state index contributed by atoms with van der Waals surface area (Å²) in [6.07, 6.45) is 2.88. The molecule has 298 valence electrons. The number of imidazole rings is 1. The van der Waals surface area contributed by atoms with E-state index in [4.69, 9.17) is 19.2 Å². The third-order valence-corrected chi connectivity index (χ3v) is 9.76. The fourth-order valence-corrected chi connectivity index (χ4v) is 6.96. The Morgan fingerprint density at radius 2 is 1.22 bits per heavy atom. The van der Waals surface area contributed by atoms with Crippen molar-refractivity contribution in [1.29, 1.82) is 0 Å². The number of amides is 2. The Balaban J connectivity index is 1.38. The van der Waals surface area contributed by atoms with E-state index in [1.807, 2.05) is 103 Å². The van der Waals surface area contributed by atoms with Crippen molar-refractivity contribution in [2.75, 3.05) is 18.6 Å². The van der Waals surface area contributed by atoms with Gasteiger partial charge in [0.25, 0.3) is 0 Å². The van der Waals surface area contributed by atoms with E-state index in [1.54, 1.807) is 51.4 Å². The average Bonchev–Trinajstić information content (AvgIpc) is 3.69. The summed E-state index contributed by atoms with van der Waals surface area (Å²) >= 11 is 0. The fraction of sp³-hybridized carbons (Fsp3) is 0.250. The lowest BCUT2D eigenvalue weighted by atomic mass is 9.77. The Morgan fingerprint density at radius 1 is 0.724 bits per heavy atom. The maximum Gasteiger partial charge on any atom is 0.415 e. The second-order valence-electron chi connectivity index (χ2n) is 15.2. The molecule has 0 radical (unpaired) electrons. The third kappa shape index (κ3) is 9.46. The number of anilines is 1. The lowest BCUT2D eigenvalue weighted by Crippen LogP contribution is -2.57. The number of carbonyl (C=O) groups excluding carboxylic acids is 3. The van der Waals surface area contributed by atoms with Gasteiger partial charge < -0.3 is 24.1 Å². The Labute approximate surface area is 340 Å². The van der Waals surface area contributed by atoms with Gasteiger partial charge in [-0.05, 0) is 75.6 Å². The number of carbonyl (C=O) groups is 3. The summed E-state index contributed by atoms with van der Waals surface area (Å²) < 4.78 is 19.3. The standard InChI is InChI=1S/C48H50N4O6/c1-34-22-26-40(27-23-34)52(46(55)58-47(3,4)5)43(32-57-41-28-24-35(2)25-29-41)44(53)50-42(45(54)56-6)30-39-31-51(33-49-39)48(36-16-10-7-11-17-36,37-18-12-8-13-19-37)38-20-14-9-15-21-38/h7-29,31,33,42-43H,30,32H2,1-6H3,(H,50,53)/t42-,43-/m0/s1. The van der Waals surface area contributed by atoms with E-state index in [0.717, 1.165) is 27.8 Å². The number of nitrogens with one attached hydrogen (secondary N) is 1. The van der Waals surface area contributed by atoms with Crippen molar-refractivity contribution in [2.24, 2.45) is 0 Å². The molecule has 10 heteroatoms. The Hall–Kier alpha value is -6.68. The molecule has 2 amide bonds. The first-order chi connectivity index (χ1) is 27.9. The topological polar surface area (TPSA) is 112 Å². The molecule has 1 aromatic heterocycles. The molecule has 10 nitrogen and oxygen atoms in total. The maximum atomic E-state index is 14.6. The number of methoxy groups -OCH3 is 1. The number of aryl methyl sites for hydroxylation is 2. The molecule has 1 N–H and O–H groups in total. The van der Waals surface area contributed by atoms with Crippen molar-refractivity contribution in [3.63, 3.8) is 0 Å². The molecule has 5 aromatic carbocycles. The van der Waals surface area contributed by atoms with E-state index in [9.17, 15) is 14.4 Å². The summed E-state index contributed by atoms with van der Waals surface area (Å²) in [6.45, 7) is 8.90. The van der Waals surface area contributed by atoms with Crippen LogP contribution in [-0.4, -0.2) is 58.9 Å². The predicted molar refractivity (Wildman–Crippen MR) is 225 cm³/mol. The highest BCUT2D eigenvalue weighted by molar-refractivity contribution is 5.99. The Kier molecular flexibility index (Phi) is 12.8. The summed E-state index contributed by atoms with van der Waals surface area (Å²) in [4.78, 5) is 48.3. The number of ether oxygens (including phenoxy) is 3. The largest absolute Gasteiger partial charge is 0.491 e. The van der Waals surface area contributed by atoms with Crippen LogP contribution in [0.3, 0.4) is 0 Å². The summed E-state index contributed by atoms with van der Waals surface area (Å²) in [5.41, 5.74) is 4.24. The third-order valence-electron chi connectivity index (χ3n) is 9.76. The van der Waals surface area contributed by atoms with E-state index in [2.05, 4.69) is 41.7 Å². The molecule has 58 heavy (non-hydrogen) atoms. The van der Waals surface area contributed by atoms with E-state index in [0.29, 0.717) is 17.1 Å². The molecule has 0 fully saturated rings. The van der Waals surface area contributed by atoms with Crippen molar-refractivity contribution < 1.29 is 28.6 Å². The van der Waals surface area contributed by atoms with Gasteiger partial charge in [0, 0.05) is 18.3 Å².